The maximum absolute atomic E-state index is 12.8. The Morgan fingerprint density at radius 2 is 1.86 bits per heavy atom. The van der Waals surface area contributed by atoms with Gasteiger partial charge in [0, 0.05) is 31.7 Å². The smallest absolute Gasteiger partial charge is 0.254 e. The number of carbonyl (C=O) groups is 1. The number of furan rings is 1. The van der Waals surface area contributed by atoms with E-state index in [1.54, 1.807) is 6.26 Å². The second kappa shape index (κ2) is 6.14. The summed E-state index contributed by atoms with van der Waals surface area (Å²) in [5.74, 6) is 0.837. The Morgan fingerprint density at radius 3 is 2.52 bits per heavy atom. The summed E-state index contributed by atoms with van der Waals surface area (Å²) in [6, 6.07) is 11.4. The van der Waals surface area contributed by atoms with Crippen molar-refractivity contribution in [2.24, 2.45) is 0 Å². The molecule has 0 unspecified atom stereocenters. The second-order valence-electron chi connectivity index (χ2n) is 5.25. The summed E-state index contributed by atoms with van der Waals surface area (Å²) in [4.78, 5) is 17.1. The standard InChI is InChI=1S/C17H20N2O2/c1-2-18-9-11-19(12-10-18)17(20)15-7-4-3-6-14(15)16-8-5-13-21-16/h3-8,13H,2,9-12H2,1H3. The van der Waals surface area contributed by atoms with Gasteiger partial charge in [-0.15, -0.1) is 0 Å². The van der Waals surface area contributed by atoms with E-state index in [1.807, 2.05) is 41.3 Å². The molecule has 2 heterocycles. The molecule has 21 heavy (non-hydrogen) atoms. The van der Waals surface area contributed by atoms with Gasteiger partial charge in [-0.1, -0.05) is 25.1 Å². The van der Waals surface area contributed by atoms with Crippen LogP contribution in [0.15, 0.2) is 47.1 Å². The molecule has 0 N–H and O–H groups in total. The lowest BCUT2D eigenvalue weighted by Gasteiger charge is -2.34. The molecule has 4 nitrogen and oxygen atoms in total. The number of rotatable bonds is 3. The fourth-order valence-electron chi connectivity index (χ4n) is 2.75. The Morgan fingerprint density at radius 1 is 1.10 bits per heavy atom. The highest BCUT2D eigenvalue weighted by atomic mass is 16.3. The van der Waals surface area contributed by atoms with E-state index in [-0.39, 0.29) is 5.91 Å². The zero-order valence-corrected chi connectivity index (χ0v) is 12.3. The minimum atomic E-state index is 0.0951. The number of hydrogen-bond donors (Lipinski definition) is 0. The van der Waals surface area contributed by atoms with Crippen LogP contribution in [-0.2, 0) is 0 Å². The Labute approximate surface area is 125 Å². The number of benzene rings is 1. The number of piperazine rings is 1. The minimum absolute atomic E-state index is 0.0951. The summed E-state index contributed by atoms with van der Waals surface area (Å²) in [5.41, 5.74) is 1.59. The molecule has 1 amide bonds. The van der Waals surface area contributed by atoms with E-state index in [2.05, 4.69) is 11.8 Å². The molecule has 1 aliphatic rings. The molecule has 110 valence electrons. The Bertz CT molecular complexity index is 599. The molecule has 4 heteroatoms. The van der Waals surface area contributed by atoms with Gasteiger partial charge in [-0.3, -0.25) is 4.79 Å². The molecule has 1 aromatic heterocycles. The van der Waals surface area contributed by atoms with E-state index in [0.717, 1.165) is 49.6 Å². The van der Waals surface area contributed by atoms with Crippen molar-refractivity contribution >= 4 is 5.91 Å². The van der Waals surface area contributed by atoms with E-state index in [1.165, 1.54) is 0 Å². The molecule has 1 aromatic carbocycles. The molecule has 0 aliphatic carbocycles. The first kappa shape index (κ1) is 13.9. The van der Waals surface area contributed by atoms with Gasteiger partial charge in [0.2, 0.25) is 0 Å². The predicted octanol–water partition coefficient (Wildman–Crippen LogP) is 2.72. The quantitative estimate of drug-likeness (QED) is 0.869. The summed E-state index contributed by atoms with van der Waals surface area (Å²) in [7, 11) is 0. The highest BCUT2D eigenvalue weighted by molar-refractivity contribution is 6.00. The van der Waals surface area contributed by atoms with Crippen LogP contribution in [0.2, 0.25) is 0 Å². The van der Waals surface area contributed by atoms with Crippen LogP contribution >= 0.6 is 0 Å². The SMILES string of the molecule is CCN1CCN(C(=O)c2ccccc2-c2ccco2)CC1. The number of likely N-dealkylation sites (N-methyl/N-ethyl adjacent to an activating group) is 1. The van der Waals surface area contributed by atoms with Gasteiger partial charge in [-0.05, 0) is 24.7 Å². The maximum Gasteiger partial charge on any atom is 0.254 e. The molecule has 0 atom stereocenters. The van der Waals surface area contributed by atoms with Gasteiger partial charge in [0.05, 0.1) is 11.8 Å². The molecule has 0 saturated carbocycles. The van der Waals surface area contributed by atoms with Crippen LogP contribution in [0, 0.1) is 0 Å². The molecule has 1 aliphatic heterocycles. The third kappa shape index (κ3) is 2.85. The zero-order valence-electron chi connectivity index (χ0n) is 12.3. The summed E-state index contributed by atoms with van der Waals surface area (Å²) in [6.07, 6.45) is 1.64. The van der Waals surface area contributed by atoms with Crippen LogP contribution in [-0.4, -0.2) is 48.4 Å². The van der Waals surface area contributed by atoms with E-state index in [0.29, 0.717) is 0 Å². The summed E-state index contributed by atoms with van der Waals surface area (Å²) >= 11 is 0. The second-order valence-corrected chi connectivity index (χ2v) is 5.25. The van der Waals surface area contributed by atoms with Crippen molar-refractivity contribution in [2.45, 2.75) is 6.92 Å². The van der Waals surface area contributed by atoms with Gasteiger partial charge in [0.15, 0.2) is 0 Å². The average Bonchev–Trinajstić information content (AvgIpc) is 3.08. The van der Waals surface area contributed by atoms with Gasteiger partial charge >= 0.3 is 0 Å². The van der Waals surface area contributed by atoms with Crippen molar-refractivity contribution in [3.05, 3.63) is 48.2 Å². The summed E-state index contributed by atoms with van der Waals surface area (Å²) < 4.78 is 5.45. The van der Waals surface area contributed by atoms with Crippen LogP contribution in [0.25, 0.3) is 11.3 Å². The third-order valence-corrected chi connectivity index (χ3v) is 4.05. The molecular formula is C17H20N2O2. The van der Waals surface area contributed by atoms with E-state index in [4.69, 9.17) is 4.42 Å². The third-order valence-electron chi connectivity index (χ3n) is 4.05. The molecule has 3 rings (SSSR count). The van der Waals surface area contributed by atoms with Crippen molar-refractivity contribution < 1.29 is 9.21 Å². The van der Waals surface area contributed by atoms with Crippen molar-refractivity contribution in [3.63, 3.8) is 0 Å². The fraction of sp³-hybridized carbons (Fsp3) is 0.353. The Kier molecular flexibility index (Phi) is 4.06. The van der Waals surface area contributed by atoms with Crippen LogP contribution in [0.5, 0.6) is 0 Å². The van der Waals surface area contributed by atoms with Crippen LogP contribution in [0.4, 0.5) is 0 Å². The fourth-order valence-corrected chi connectivity index (χ4v) is 2.75. The highest BCUT2D eigenvalue weighted by Gasteiger charge is 2.23. The normalized spacial score (nSPS) is 16.1. The molecule has 0 bridgehead atoms. The maximum atomic E-state index is 12.8. The van der Waals surface area contributed by atoms with Crippen LogP contribution in [0.1, 0.15) is 17.3 Å². The largest absolute Gasteiger partial charge is 0.464 e. The highest BCUT2D eigenvalue weighted by Crippen LogP contribution is 2.25. The topological polar surface area (TPSA) is 36.7 Å². The van der Waals surface area contributed by atoms with Crippen LogP contribution in [0.3, 0.4) is 0 Å². The lowest BCUT2D eigenvalue weighted by atomic mass is 10.0. The predicted molar refractivity (Wildman–Crippen MR) is 82.2 cm³/mol. The van der Waals surface area contributed by atoms with Gasteiger partial charge in [0.25, 0.3) is 5.91 Å². The van der Waals surface area contributed by atoms with Crippen molar-refractivity contribution in [1.29, 1.82) is 0 Å². The van der Waals surface area contributed by atoms with Gasteiger partial charge in [-0.25, -0.2) is 0 Å². The molecule has 0 spiro atoms. The molecule has 0 radical (unpaired) electrons. The van der Waals surface area contributed by atoms with Crippen molar-refractivity contribution in [3.8, 4) is 11.3 Å². The Balaban J connectivity index is 1.83. The summed E-state index contributed by atoms with van der Waals surface area (Å²) in [6.45, 7) is 6.68. The number of nitrogens with zero attached hydrogens (tertiary/aromatic N) is 2. The first-order chi connectivity index (χ1) is 10.3. The first-order valence-electron chi connectivity index (χ1n) is 7.44. The molecule has 1 saturated heterocycles. The van der Waals surface area contributed by atoms with Crippen molar-refractivity contribution in [1.82, 2.24) is 9.80 Å². The van der Waals surface area contributed by atoms with Crippen molar-refractivity contribution in [2.75, 3.05) is 32.7 Å². The minimum Gasteiger partial charge on any atom is -0.464 e. The Hall–Kier alpha value is -2.07. The first-order valence-corrected chi connectivity index (χ1v) is 7.44. The number of amides is 1. The van der Waals surface area contributed by atoms with E-state index in [9.17, 15) is 4.79 Å². The van der Waals surface area contributed by atoms with Crippen LogP contribution < -0.4 is 0 Å². The molecular weight excluding hydrogens is 264 g/mol. The lowest BCUT2D eigenvalue weighted by Crippen LogP contribution is -2.48. The van der Waals surface area contributed by atoms with Gasteiger partial charge in [-0.2, -0.15) is 0 Å². The van der Waals surface area contributed by atoms with E-state index >= 15 is 0 Å². The summed E-state index contributed by atoms with van der Waals surface area (Å²) in [5, 5.41) is 0. The number of carbonyl (C=O) groups excluding carboxylic acids is 1. The van der Waals surface area contributed by atoms with Gasteiger partial charge < -0.3 is 14.2 Å². The zero-order chi connectivity index (χ0) is 14.7. The van der Waals surface area contributed by atoms with Gasteiger partial charge in [0.1, 0.15) is 5.76 Å². The molecule has 2 aromatic rings. The monoisotopic (exact) mass is 284 g/mol. The molecule has 1 fully saturated rings. The van der Waals surface area contributed by atoms with E-state index < -0.39 is 0 Å². The number of hydrogen-bond acceptors (Lipinski definition) is 3. The lowest BCUT2D eigenvalue weighted by molar-refractivity contribution is 0.0644. The average molecular weight is 284 g/mol.